The molecule has 0 atom stereocenters. The van der Waals surface area contributed by atoms with Gasteiger partial charge in [-0.25, -0.2) is 4.79 Å². The normalized spacial score (nSPS) is 10.2. The molecular weight excluding hydrogens is 308 g/mol. The molecule has 2 rings (SSSR count). The average Bonchev–Trinajstić information content (AvgIpc) is 2.89. The lowest BCUT2D eigenvalue weighted by atomic mass is 10.2. The van der Waals surface area contributed by atoms with Crippen molar-refractivity contribution in [1.29, 1.82) is 0 Å². The molecule has 0 fully saturated rings. The van der Waals surface area contributed by atoms with Crippen LogP contribution < -0.4 is 10.1 Å². The van der Waals surface area contributed by atoms with E-state index in [1.165, 1.54) is 26.3 Å². The van der Waals surface area contributed by atoms with Crippen molar-refractivity contribution in [1.82, 2.24) is 9.78 Å². The largest absolute Gasteiger partial charge is 0.496 e. The molecule has 0 bridgehead atoms. The second-order valence-electron chi connectivity index (χ2n) is 4.43. The molecule has 2 aromatic rings. The van der Waals surface area contributed by atoms with Crippen LogP contribution in [0.3, 0.4) is 0 Å². The number of nitrogens with one attached hydrogen (secondary N) is 1. The fourth-order valence-electron chi connectivity index (χ4n) is 1.94. The predicted octanol–water partition coefficient (Wildman–Crippen LogP) is 1.29. The molecule has 1 aromatic heterocycles. The Morgan fingerprint density at radius 1 is 1.43 bits per heavy atom. The summed E-state index contributed by atoms with van der Waals surface area (Å²) in [7, 11) is 2.75. The first kappa shape index (κ1) is 15.9. The molecule has 0 unspecified atom stereocenters. The monoisotopic (exact) mass is 320 g/mol. The van der Waals surface area contributed by atoms with Gasteiger partial charge < -0.3 is 15.2 Å². The highest BCUT2D eigenvalue weighted by Crippen LogP contribution is 2.29. The van der Waals surface area contributed by atoms with Crippen molar-refractivity contribution in [2.45, 2.75) is 0 Å². The first-order valence-electron chi connectivity index (χ1n) is 6.24. The number of nitro groups is 1. The number of carbonyl (C=O) groups excluding carboxylic acids is 1. The van der Waals surface area contributed by atoms with Crippen LogP contribution in [-0.4, -0.2) is 38.8 Å². The van der Waals surface area contributed by atoms with Gasteiger partial charge in [-0.1, -0.05) is 0 Å². The Morgan fingerprint density at radius 2 is 2.13 bits per heavy atom. The van der Waals surface area contributed by atoms with Crippen molar-refractivity contribution in [2.24, 2.45) is 7.05 Å². The van der Waals surface area contributed by atoms with Crippen molar-refractivity contribution in [2.75, 3.05) is 12.4 Å². The van der Waals surface area contributed by atoms with Crippen LogP contribution in [0.25, 0.3) is 0 Å². The van der Waals surface area contributed by atoms with Crippen LogP contribution in [0.4, 0.5) is 11.4 Å². The van der Waals surface area contributed by atoms with Crippen molar-refractivity contribution < 1.29 is 24.4 Å². The van der Waals surface area contributed by atoms with Gasteiger partial charge in [0.1, 0.15) is 22.7 Å². The number of carboxylic acids is 1. The summed E-state index contributed by atoms with van der Waals surface area (Å²) in [6.45, 7) is 0. The lowest BCUT2D eigenvalue weighted by molar-refractivity contribution is -0.384. The van der Waals surface area contributed by atoms with Crippen molar-refractivity contribution in [3.8, 4) is 5.75 Å². The smallest absolute Gasteiger partial charge is 0.339 e. The molecule has 2 N–H and O–H groups in total. The minimum atomic E-state index is -1.33. The number of nitro benzene ring substituents is 1. The molecule has 0 saturated heterocycles. The fraction of sp³-hybridized carbons (Fsp3) is 0.154. The number of benzene rings is 1. The Bertz CT molecular complexity index is 798. The molecule has 120 valence electrons. The van der Waals surface area contributed by atoms with Gasteiger partial charge in [-0.3, -0.25) is 19.6 Å². The second kappa shape index (κ2) is 6.13. The second-order valence-corrected chi connectivity index (χ2v) is 4.43. The number of methoxy groups -OCH3 is 1. The molecule has 0 radical (unpaired) electrons. The van der Waals surface area contributed by atoms with Crippen molar-refractivity contribution >= 4 is 23.3 Å². The Morgan fingerprint density at radius 3 is 2.70 bits per heavy atom. The van der Waals surface area contributed by atoms with E-state index in [0.29, 0.717) is 0 Å². The van der Waals surface area contributed by atoms with Gasteiger partial charge in [0.25, 0.3) is 11.6 Å². The number of hydrogen-bond donors (Lipinski definition) is 2. The topological polar surface area (TPSA) is 137 Å². The molecule has 0 aliphatic rings. The number of carboxylic acid groups (broad SMARTS) is 1. The maximum absolute atomic E-state index is 12.3. The number of aromatic nitrogens is 2. The summed E-state index contributed by atoms with van der Waals surface area (Å²) in [6.07, 6.45) is 1.03. The summed E-state index contributed by atoms with van der Waals surface area (Å²) < 4.78 is 5.98. The maximum atomic E-state index is 12.3. The Labute approximate surface area is 129 Å². The highest BCUT2D eigenvalue weighted by Gasteiger charge is 2.24. The molecule has 10 nitrogen and oxygen atoms in total. The van der Waals surface area contributed by atoms with Gasteiger partial charge in [0.2, 0.25) is 0 Å². The molecular formula is C13H12N4O6. The Balaban J connectivity index is 2.40. The zero-order chi connectivity index (χ0) is 17.1. The van der Waals surface area contributed by atoms with Gasteiger partial charge in [-0.15, -0.1) is 0 Å². The summed E-state index contributed by atoms with van der Waals surface area (Å²) in [4.78, 5) is 33.8. The molecule has 0 aliphatic carbocycles. The number of nitrogens with zero attached hydrogens (tertiary/aromatic N) is 3. The fourth-order valence-corrected chi connectivity index (χ4v) is 1.94. The Kier molecular flexibility index (Phi) is 4.25. The zero-order valence-electron chi connectivity index (χ0n) is 12.1. The van der Waals surface area contributed by atoms with Crippen LogP contribution in [0.5, 0.6) is 5.75 Å². The standard InChI is InChI=1S/C13H12N4O6/c1-16-11(8(6-14-16)13(19)20)12(18)15-9-4-3-7(23-2)5-10(9)17(21)22/h3-6H,1-2H3,(H,15,18)(H,19,20). The molecule has 23 heavy (non-hydrogen) atoms. The van der Waals surface area contributed by atoms with E-state index in [-0.39, 0.29) is 28.4 Å². The number of aryl methyl sites for hydroxylation is 1. The maximum Gasteiger partial charge on any atom is 0.339 e. The van der Waals surface area contributed by atoms with E-state index < -0.39 is 16.8 Å². The van der Waals surface area contributed by atoms with Crippen LogP contribution >= 0.6 is 0 Å². The molecule has 0 spiro atoms. The van der Waals surface area contributed by atoms with Gasteiger partial charge in [0.15, 0.2) is 0 Å². The molecule has 10 heteroatoms. The number of amides is 1. The SMILES string of the molecule is COc1ccc(NC(=O)c2c(C(=O)O)cnn2C)c([N+](=O)[O-])c1. The van der Waals surface area contributed by atoms with Gasteiger partial charge in [0.05, 0.1) is 24.3 Å². The van der Waals surface area contributed by atoms with E-state index in [1.54, 1.807) is 0 Å². The molecule has 1 amide bonds. The third kappa shape index (κ3) is 3.10. The number of ether oxygens (including phenoxy) is 1. The lowest BCUT2D eigenvalue weighted by Gasteiger charge is -2.08. The summed E-state index contributed by atoms with van der Waals surface area (Å²) >= 11 is 0. The van der Waals surface area contributed by atoms with Crippen LogP contribution in [-0.2, 0) is 7.05 Å². The van der Waals surface area contributed by atoms with Gasteiger partial charge in [-0.05, 0) is 12.1 Å². The van der Waals surface area contributed by atoms with E-state index in [0.717, 1.165) is 16.9 Å². The van der Waals surface area contributed by atoms with Gasteiger partial charge in [-0.2, -0.15) is 5.10 Å². The molecule has 1 heterocycles. The van der Waals surface area contributed by atoms with E-state index >= 15 is 0 Å². The third-order valence-electron chi connectivity index (χ3n) is 3.03. The van der Waals surface area contributed by atoms with Crippen LogP contribution in [0.1, 0.15) is 20.8 Å². The van der Waals surface area contributed by atoms with Crippen molar-refractivity contribution in [3.63, 3.8) is 0 Å². The van der Waals surface area contributed by atoms with Gasteiger partial charge >= 0.3 is 5.97 Å². The predicted molar refractivity (Wildman–Crippen MR) is 77.8 cm³/mol. The van der Waals surface area contributed by atoms with Crippen LogP contribution in [0.15, 0.2) is 24.4 Å². The van der Waals surface area contributed by atoms with Crippen LogP contribution in [0.2, 0.25) is 0 Å². The van der Waals surface area contributed by atoms with E-state index in [1.807, 2.05) is 0 Å². The number of aromatic carboxylic acids is 1. The third-order valence-corrected chi connectivity index (χ3v) is 3.03. The van der Waals surface area contributed by atoms with E-state index in [9.17, 15) is 19.7 Å². The van der Waals surface area contributed by atoms with Crippen molar-refractivity contribution in [3.05, 3.63) is 45.8 Å². The summed E-state index contributed by atoms with van der Waals surface area (Å²) in [5.41, 5.74) is -0.987. The first-order valence-corrected chi connectivity index (χ1v) is 6.24. The highest BCUT2D eigenvalue weighted by atomic mass is 16.6. The summed E-state index contributed by atoms with van der Waals surface area (Å²) in [5, 5.41) is 26.2. The van der Waals surface area contributed by atoms with Gasteiger partial charge in [0, 0.05) is 7.05 Å². The quantitative estimate of drug-likeness (QED) is 0.625. The summed E-state index contributed by atoms with van der Waals surface area (Å²) in [5.74, 6) is -1.90. The number of hydrogen-bond acceptors (Lipinski definition) is 6. The summed E-state index contributed by atoms with van der Waals surface area (Å²) in [6, 6.07) is 3.88. The molecule has 1 aromatic carbocycles. The van der Waals surface area contributed by atoms with E-state index in [2.05, 4.69) is 10.4 Å². The Hall–Kier alpha value is -3.43. The molecule has 0 aliphatic heterocycles. The van der Waals surface area contributed by atoms with E-state index in [4.69, 9.17) is 9.84 Å². The lowest BCUT2D eigenvalue weighted by Crippen LogP contribution is -2.20. The molecule has 0 saturated carbocycles. The highest BCUT2D eigenvalue weighted by molar-refractivity contribution is 6.10. The number of rotatable bonds is 5. The minimum absolute atomic E-state index is 0.0849. The zero-order valence-corrected chi connectivity index (χ0v) is 12.1. The van der Waals surface area contributed by atoms with Crippen LogP contribution in [0, 0.1) is 10.1 Å². The number of carbonyl (C=O) groups is 2. The minimum Gasteiger partial charge on any atom is -0.496 e. The number of anilines is 1. The average molecular weight is 320 g/mol. The first-order chi connectivity index (χ1) is 10.8.